The standard InChI is InChI=1S/C14H22N8O/c23-14(16-7-2-4-13-17-20-21-18-13)10-22-8-5-12(19-22)11-3-1-6-15-9-11/h5,8,11,15H,1-4,6-7,9-10H2,(H,16,23)(H,17,18,20,21). The number of aryl methyl sites for hydroxylation is 1. The summed E-state index contributed by atoms with van der Waals surface area (Å²) in [7, 11) is 0. The van der Waals surface area contributed by atoms with Crippen LogP contribution in [0, 0.1) is 0 Å². The smallest absolute Gasteiger partial charge is 0.241 e. The fourth-order valence-corrected chi connectivity index (χ4v) is 2.75. The van der Waals surface area contributed by atoms with Crippen molar-refractivity contribution in [2.45, 2.75) is 38.1 Å². The van der Waals surface area contributed by atoms with Gasteiger partial charge in [-0.2, -0.15) is 10.3 Å². The molecule has 0 spiro atoms. The van der Waals surface area contributed by atoms with Gasteiger partial charge in [-0.15, -0.1) is 10.2 Å². The monoisotopic (exact) mass is 318 g/mol. The molecule has 2 aromatic rings. The molecule has 1 fully saturated rings. The van der Waals surface area contributed by atoms with E-state index in [0.29, 0.717) is 24.7 Å². The van der Waals surface area contributed by atoms with Crippen molar-refractivity contribution in [1.82, 2.24) is 41.0 Å². The first kappa shape index (κ1) is 15.6. The zero-order valence-corrected chi connectivity index (χ0v) is 13.0. The molecule has 1 amide bonds. The molecule has 1 atom stereocenters. The lowest BCUT2D eigenvalue weighted by molar-refractivity contribution is -0.121. The van der Waals surface area contributed by atoms with E-state index in [4.69, 9.17) is 0 Å². The zero-order valence-electron chi connectivity index (χ0n) is 13.0. The van der Waals surface area contributed by atoms with Crippen molar-refractivity contribution in [3.8, 4) is 0 Å². The first-order chi connectivity index (χ1) is 11.3. The largest absolute Gasteiger partial charge is 0.354 e. The SMILES string of the molecule is O=C(Cn1ccc(C2CCCNC2)n1)NCCCc1nn[nH]n1. The Bertz CT molecular complexity index is 602. The van der Waals surface area contributed by atoms with Crippen molar-refractivity contribution in [3.05, 3.63) is 23.8 Å². The fourth-order valence-electron chi connectivity index (χ4n) is 2.75. The van der Waals surface area contributed by atoms with Crippen LogP contribution in [-0.2, 0) is 17.8 Å². The van der Waals surface area contributed by atoms with Crippen LogP contribution >= 0.6 is 0 Å². The molecule has 3 heterocycles. The number of piperidine rings is 1. The molecular weight excluding hydrogens is 296 g/mol. The van der Waals surface area contributed by atoms with Crippen LogP contribution in [0.25, 0.3) is 0 Å². The Balaban J connectivity index is 1.38. The lowest BCUT2D eigenvalue weighted by Crippen LogP contribution is -2.30. The molecule has 124 valence electrons. The summed E-state index contributed by atoms with van der Waals surface area (Å²) in [6.07, 6.45) is 5.69. The first-order valence-corrected chi connectivity index (χ1v) is 8.04. The summed E-state index contributed by atoms with van der Waals surface area (Å²) in [4.78, 5) is 11.9. The van der Waals surface area contributed by atoms with Crippen LogP contribution in [-0.4, -0.2) is 55.9 Å². The van der Waals surface area contributed by atoms with Gasteiger partial charge in [-0.1, -0.05) is 5.21 Å². The number of nitrogens with one attached hydrogen (secondary N) is 3. The molecule has 0 aromatic carbocycles. The van der Waals surface area contributed by atoms with E-state index in [2.05, 4.69) is 36.4 Å². The molecule has 9 heteroatoms. The Morgan fingerprint density at radius 1 is 1.48 bits per heavy atom. The van der Waals surface area contributed by atoms with Gasteiger partial charge in [-0.3, -0.25) is 9.48 Å². The third kappa shape index (κ3) is 4.59. The average Bonchev–Trinajstić information content (AvgIpc) is 3.24. The summed E-state index contributed by atoms with van der Waals surface area (Å²) in [5.41, 5.74) is 1.07. The Labute approximate surface area is 134 Å². The van der Waals surface area contributed by atoms with Crippen LogP contribution in [0.15, 0.2) is 12.3 Å². The second-order valence-electron chi connectivity index (χ2n) is 5.76. The van der Waals surface area contributed by atoms with Crippen molar-refractivity contribution >= 4 is 5.91 Å². The molecule has 0 bridgehead atoms. The summed E-state index contributed by atoms with van der Waals surface area (Å²) in [6.45, 7) is 2.90. The van der Waals surface area contributed by atoms with Crippen LogP contribution < -0.4 is 10.6 Å². The van der Waals surface area contributed by atoms with Gasteiger partial charge in [0.05, 0.1) is 5.69 Å². The number of carbonyl (C=O) groups is 1. The summed E-state index contributed by atoms with van der Waals surface area (Å²) in [5.74, 6) is 1.09. The van der Waals surface area contributed by atoms with E-state index in [9.17, 15) is 4.79 Å². The average molecular weight is 318 g/mol. The number of hydrogen-bond acceptors (Lipinski definition) is 6. The predicted octanol–water partition coefficient (Wildman–Crippen LogP) is -0.388. The van der Waals surface area contributed by atoms with E-state index >= 15 is 0 Å². The highest BCUT2D eigenvalue weighted by Crippen LogP contribution is 2.21. The normalized spacial score (nSPS) is 18.0. The number of tetrazole rings is 1. The van der Waals surface area contributed by atoms with E-state index in [1.54, 1.807) is 4.68 Å². The first-order valence-electron chi connectivity index (χ1n) is 8.04. The second-order valence-corrected chi connectivity index (χ2v) is 5.76. The Morgan fingerprint density at radius 3 is 3.22 bits per heavy atom. The Kier molecular flexibility index (Phi) is 5.30. The molecular formula is C14H22N8O. The lowest BCUT2D eigenvalue weighted by atomic mass is 9.97. The number of carbonyl (C=O) groups excluding carboxylic acids is 1. The molecule has 0 aliphatic carbocycles. The fraction of sp³-hybridized carbons (Fsp3) is 0.643. The second kappa shape index (κ2) is 7.82. The summed E-state index contributed by atoms with van der Waals surface area (Å²) < 4.78 is 1.71. The Morgan fingerprint density at radius 2 is 2.43 bits per heavy atom. The van der Waals surface area contributed by atoms with E-state index < -0.39 is 0 Å². The van der Waals surface area contributed by atoms with Crippen LogP contribution in [0.5, 0.6) is 0 Å². The number of rotatable bonds is 7. The van der Waals surface area contributed by atoms with Crippen LogP contribution in [0.4, 0.5) is 0 Å². The molecule has 1 saturated heterocycles. The maximum Gasteiger partial charge on any atom is 0.241 e. The maximum absolute atomic E-state index is 11.9. The number of H-pyrrole nitrogens is 1. The quantitative estimate of drug-likeness (QED) is 0.599. The zero-order chi connectivity index (χ0) is 15.9. The molecule has 0 radical (unpaired) electrons. The van der Waals surface area contributed by atoms with Gasteiger partial charge in [0.25, 0.3) is 0 Å². The molecule has 9 nitrogen and oxygen atoms in total. The molecule has 1 aliphatic heterocycles. The molecule has 0 saturated carbocycles. The van der Waals surface area contributed by atoms with E-state index in [0.717, 1.165) is 31.6 Å². The van der Waals surface area contributed by atoms with Crippen molar-refractivity contribution in [2.75, 3.05) is 19.6 Å². The highest BCUT2D eigenvalue weighted by Gasteiger charge is 2.17. The molecule has 1 unspecified atom stereocenters. The number of aromatic nitrogens is 6. The third-order valence-corrected chi connectivity index (χ3v) is 3.97. The highest BCUT2D eigenvalue weighted by atomic mass is 16.2. The molecule has 23 heavy (non-hydrogen) atoms. The van der Waals surface area contributed by atoms with Gasteiger partial charge in [0.2, 0.25) is 5.91 Å². The van der Waals surface area contributed by atoms with E-state index in [1.165, 1.54) is 6.42 Å². The summed E-state index contributed by atoms with van der Waals surface area (Å²) >= 11 is 0. The number of hydrogen-bond donors (Lipinski definition) is 3. The van der Waals surface area contributed by atoms with Crippen LogP contribution in [0.3, 0.4) is 0 Å². The molecule has 1 aliphatic rings. The summed E-state index contributed by atoms with van der Waals surface area (Å²) in [5, 5.41) is 24.4. The molecule has 3 rings (SSSR count). The third-order valence-electron chi connectivity index (χ3n) is 3.97. The summed E-state index contributed by atoms with van der Waals surface area (Å²) in [6, 6.07) is 2.02. The number of amides is 1. The van der Waals surface area contributed by atoms with Crippen molar-refractivity contribution in [1.29, 1.82) is 0 Å². The maximum atomic E-state index is 11.9. The minimum absolute atomic E-state index is 0.0328. The molecule has 3 N–H and O–H groups in total. The van der Waals surface area contributed by atoms with Gasteiger partial charge in [0, 0.05) is 31.6 Å². The lowest BCUT2D eigenvalue weighted by Gasteiger charge is -2.20. The van der Waals surface area contributed by atoms with Gasteiger partial charge in [0.15, 0.2) is 5.82 Å². The van der Waals surface area contributed by atoms with Gasteiger partial charge >= 0.3 is 0 Å². The molecule has 2 aromatic heterocycles. The highest BCUT2D eigenvalue weighted by molar-refractivity contribution is 5.75. The van der Waals surface area contributed by atoms with Crippen LogP contribution in [0.2, 0.25) is 0 Å². The minimum atomic E-state index is -0.0328. The topological polar surface area (TPSA) is 113 Å². The Hall–Kier alpha value is -2.29. The van der Waals surface area contributed by atoms with E-state index in [1.807, 2.05) is 12.3 Å². The van der Waals surface area contributed by atoms with Crippen molar-refractivity contribution in [3.63, 3.8) is 0 Å². The van der Waals surface area contributed by atoms with E-state index in [-0.39, 0.29) is 12.5 Å². The number of aromatic amines is 1. The predicted molar refractivity (Wildman–Crippen MR) is 82.6 cm³/mol. The van der Waals surface area contributed by atoms with Gasteiger partial charge in [-0.05, 0) is 31.9 Å². The van der Waals surface area contributed by atoms with Gasteiger partial charge in [-0.25, -0.2) is 0 Å². The minimum Gasteiger partial charge on any atom is -0.354 e. The van der Waals surface area contributed by atoms with Crippen molar-refractivity contribution in [2.24, 2.45) is 0 Å². The van der Waals surface area contributed by atoms with Crippen molar-refractivity contribution < 1.29 is 4.79 Å². The van der Waals surface area contributed by atoms with Gasteiger partial charge in [0.1, 0.15) is 6.54 Å². The number of nitrogens with zero attached hydrogens (tertiary/aromatic N) is 5. The van der Waals surface area contributed by atoms with Crippen LogP contribution in [0.1, 0.15) is 36.7 Å². The van der Waals surface area contributed by atoms with Gasteiger partial charge < -0.3 is 10.6 Å².